The number of nitrogen functional groups attached to an aromatic ring is 1. The van der Waals surface area contributed by atoms with Crippen molar-refractivity contribution < 1.29 is 17.5 Å². The van der Waals surface area contributed by atoms with Crippen molar-refractivity contribution in [3.63, 3.8) is 0 Å². The van der Waals surface area contributed by atoms with E-state index in [9.17, 15) is 12.8 Å². The average Bonchev–Trinajstić information content (AvgIpc) is 2.22. The van der Waals surface area contributed by atoms with E-state index in [1.54, 1.807) is 0 Å². The summed E-state index contributed by atoms with van der Waals surface area (Å²) in [7, 11) is -3.59. The van der Waals surface area contributed by atoms with E-state index in [2.05, 4.69) is 4.72 Å². The van der Waals surface area contributed by atoms with Crippen molar-refractivity contribution in [3.05, 3.63) is 24.0 Å². The molecule has 0 aromatic heterocycles. The van der Waals surface area contributed by atoms with Gasteiger partial charge in [0.2, 0.25) is 10.0 Å². The van der Waals surface area contributed by atoms with Gasteiger partial charge < -0.3 is 10.5 Å². The van der Waals surface area contributed by atoms with Crippen LogP contribution in [-0.4, -0.2) is 26.9 Å². The highest BCUT2D eigenvalue weighted by molar-refractivity contribution is 7.92. The molecule has 0 radical (unpaired) electrons. The van der Waals surface area contributed by atoms with Crippen LogP contribution in [0.15, 0.2) is 18.2 Å². The summed E-state index contributed by atoms with van der Waals surface area (Å²) in [4.78, 5) is 0. The second-order valence-electron chi connectivity index (χ2n) is 4.07. The van der Waals surface area contributed by atoms with E-state index in [4.69, 9.17) is 10.5 Å². The Morgan fingerprint density at radius 1 is 1.44 bits per heavy atom. The highest BCUT2D eigenvalue weighted by atomic mass is 32.2. The molecule has 0 bridgehead atoms. The van der Waals surface area contributed by atoms with Gasteiger partial charge in [-0.2, -0.15) is 0 Å². The number of sulfonamides is 1. The molecule has 0 unspecified atom stereocenters. The number of halogens is 1. The molecule has 0 fully saturated rings. The average molecular weight is 276 g/mol. The molecular weight excluding hydrogens is 259 g/mol. The quantitative estimate of drug-likeness (QED) is 0.773. The van der Waals surface area contributed by atoms with Crippen LogP contribution < -0.4 is 10.5 Å². The maximum atomic E-state index is 13.0. The van der Waals surface area contributed by atoms with E-state index in [1.165, 1.54) is 6.07 Å². The lowest BCUT2D eigenvalue weighted by molar-refractivity contribution is 0.0913. The van der Waals surface area contributed by atoms with Gasteiger partial charge in [0, 0.05) is 6.07 Å². The van der Waals surface area contributed by atoms with E-state index in [1.807, 2.05) is 13.8 Å². The third-order valence-electron chi connectivity index (χ3n) is 2.08. The molecular formula is C11H17FN2O3S. The van der Waals surface area contributed by atoms with Crippen molar-refractivity contribution in [3.8, 4) is 0 Å². The molecule has 3 N–H and O–H groups in total. The van der Waals surface area contributed by atoms with Gasteiger partial charge in [-0.1, -0.05) is 0 Å². The first-order valence-corrected chi connectivity index (χ1v) is 7.12. The Morgan fingerprint density at radius 2 is 2.11 bits per heavy atom. The van der Waals surface area contributed by atoms with E-state index < -0.39 is 15.8 Å². The van der Waals surface area contributed by atoms with Gasteiger partial charge in [0.15, 0.2) is 0 Å². The van der Waals surface area contributed by atoms with E-state index >= 15 is 0 Å². The third-order valence-corrected chi connectivity index (χ3v) is 3.32. The number of rotatable bonds is 6. The summed E-state index contributed by atoms with van der Waals surface area (Å²) in [5, 5.41) is 0. The summed E-state index contributed by atoms with van der Waals surface area (Å²) in [5.74, 6) is -0.762. The van der Waals surface area contributed by atoms with Crippen LogP contribution in [-0.2, 0) is 14.8 Å². The van der Waals surface area contributed by atoms with Crippen LogP contribution in [0.3, 0.4) is 0 Å². The number of nitrogens with one attached hydrogen (secondary N) is 1. The van der Waals surface area contributed by atoms with E-state index in [0.29, 0.717) is 0 Å². The van der Waals surface area contributed by atoms with Gasteiger partial charge in [0.25, 0.3) is 0 Å². The highest BCUT2D eigenvalue weighted by Gasteiger charge is 2.13. The van der Waals surface area contributed by atoms with Crippen molar-refractivity contribution in [1.29, 1.82) is 0 Å². The Hall–Kier alpha value is -1.34. The van der Waals surface area contributed by atoms with Crippen LogP contribution in [0, 0.1) is 5.82 Å². The van der Waals surface area contributed by atoms with Gasteiger partial charge >= 0.3 is 0 Å². The zero-order valence-corrected chi connectivity index (χ0v) is 11.1. The van der Waals surface area contributed by atoms with Crippen LogP contribution in [0.2, 0.25) is 0 Å². The number of nitrogens with two attached hydrogens (primary N) is 1. The van der Waals surface area contributed by atoms with Gasteiger partial charge in [-0.15, -0.1) is 0 Å². The fraction of sp³-hybridized carbons (Fsp3) is 0.455. The molecule has 0 spiro atoms. The summed E-state index contributed by atoms with van der Waals surface area (Å²) in [6.45, 7) is 3.69. The van der Waals surface area contributed by atoms with Gasteiger partial charge in [-0.05, 0) is 26.0 Å². The fourth-order valence-electron chi connectivity index (χ4n) is 1.23. The fourth-order valence-corrected chi connectivity index (χ4v) is 2.16. The lowest BCUT2D eigenvalue weighted by atomic mass is 10.3. The zero-order chi connectivity index (χ0) is 13.8. The van der Waals surface area contributed by atoms with Gasteiger partial charge in [-0.25, -0.2) is 12.8 Å². The molecule has 0 aliphatic heterocycles. The van der Waals surface area contributed by atoms with Gasteiger partial charge in [0.1, 0.15) is 5.82 Å². The minimum Gasteiger partial charge on any atom is -0.397 e. The van der Waals surface area contributed by atoms with Crippen molar-refractivity contribution >= 4 is 21.4 Å². The maximum Gasteiger partial charge on any atom is 0.235 e. The number of anilines is 2. The molecule has 1 aromatic rings. The Kier molecular flexibility index (Phi) is 4.92. The van der Waals surface area contributed by atoms with Crippen LogP contribution in [0.1, 0.15) is 13.8 Å². The molecule has 0 heterocycles. The molecule has 0 saturated heterocycles. The van der Waals surface area contributed by atoms with Crippen LogP contribution in [0.5, 0.6) is 0 Å². The second kappa shape index (κ2) is 6.01. The predicted molar refractivity (Wildman–Crippen MR) is 69.3 cm³/mol. The molecule has 0 aliphatic carbocycles. The summed E-state index contributed by atoms with van der Waals surface area (Å²) in [6.07, 6.45) is -0.0422. The summed E-state index contributed by atoms with van der Waals surface area (Å²) >= 11 is 0. The third kappa shape index (κ3) is 4.89. The van der Waals surface area contributed by atoms with Gasteiger partial charge in [0.05, 0.1) is 29.8 Å². The molecule has 0 amide bonds. The van der Waals surface area contributed by atoms with Crippen molar-refractivity contribution in [2.24, 2.45) is 0 Å². The van der Waals surface area contributed by atoms with Crippen molar-refractivity contribution in [1.82, 2.24) is 0 Å². The monoisotopic (exact) mass is 276 g/mol. The van der Waals surface area contributed by atoms with Crippen LogP contribution in [0.4, 0.5) is 15.8 Å². The first-order valence-electron chi connectivity index (χ1n) is 5.47. The number of ether oxygens (including phenoxy) is 1. The van der Waals surface area contributed by atoms with E-state index in [0.717, 1.165) is 12.1 Å². The summed E-state index contributed by atoms with van der Waals surface area (Å²) < 4.78 is 43.7. The highest BCUT2D eigenvalue weighted by Crippen LogP contribution is 2.20. The predicted octanol–water partition coefficient (Wildman–Crippen LogP) is 1.57. The summed E-state index contributed by atoms with van der Waals surface area (Å²) in [5.41, 5.74) is 5.76. The molecule has 102 valence electrons. The zero-order valence-electron chi connectivity index (χ0n) is 10.3. The molecule has 1 rings (SSSR count). The Bertz CT molecular complexity index is 503. The SMILES string of the molecule is CC(C)OCCS(=O)(=O)Nc1cc(F)ccc1N. The molecule has 18 heavy (non-hydrogen) atoms. The molecule has 0 aliphatic rings. The lowest BCUT2D eigenvalue weighted by Crippen LogP contribution is -2.22. The molecule has 5 nitrogen and oxygen atoms in total. The van der Waals surface area contributed by atoms with Crippen molar-refractivity contribution in [2.75, 3.05) is 22.8 Å². The second-order valence-corrected chi connectivity index (χ2v) is 5.91. The smallest absolute Gasteiger partial charge is 0.235 e. The Labute approximate surface area is 106 Å². The number of hydrogen-bond acceptors (Lipinski definition) is 4. The Morgan fingerprint density at radius 3 is 2.72 bits per heavy atom. The topological polar surface area (TPSA) is 81.4 Å². The maximum absolute atomic E-state index is 13.0. The van der Waals surface area contributed by atoms with Crippen LogP contribution in [0.25, 0.3) is 0 Å². The normalized spacial score (nSPS) is 11.8. The lowest BCUT2D eigenvalue weighted by Gasteiger charge is -2.11. The number of benzene rings is 1. The standard InChI is InChI=1S/C11H17FN2O3S/c1-8(2)17-5-6-18(15,16)14-11-7-9(12)3-4-10(11)13/h3-4,7-8,14H,5-6,13H2,1-2H3. The summed E-state index contributed by atoms with van der Waals surface area (Å²) in [6, 6.07) is 3.50. The first kappa shape index (κ1) is 14.7. The van der Waals surface area contributed by atoms with Crippen LogP contribution >= 0.6 is 0 Å². The molecule has 1 aromatic carbocycles. The first-order chi connectivity index (χ1) is 8.30. The van der Waals surface area contributed by atoms with Crippen molar-refractivity contribution in [2.45, 2.75) is 20.0 Å². The van der Waals surface area contributed by atoms with Gasteiger partial charge in [-0.3, -0.25) is 4.72 Å². The minimum absolute atomic E-state index is 0.0412. The largest absolute Gasteiger partial charge is 0.397 e. The number of hydrogen-bond donors (Lipinski definition) is 2. The Balaban J connectivity index is 2.67. The molecule has 0 atom stereocenters. The van der Waals surface area contributed by atoms with E-state index in [-0.39, 0.29) is 29.8 Å². The molecule has 0 saturated carbocycles. The molecule has 7 heteroatoms. The minimum atomic E-state index is -3.59.